The zero-order valence-corrected chi connectivity index (χ0v) is 19.2. The molecule has 6 N–H and O–H groups in total. The summed E-state index contributed by atoms with van der Waals surface area (Å²) >= 11 is 0. The number of fused-ring (bicyclic) bond motifs is 1. The maximum atomic E-state index is 12.2. The molecule has 0 aromatic rings. The van der Waals surface area contributed by atoms with Gasteiger partial charge in [-0.3, -0.25) is 30.5 Å². The van der Waals surface area contributed by atoms with Gasteiger partial charge in [0, 0.05) is 38.5 Å². The minimum absolute atomic E-state index is 0.0294. The molecule has 0 aromatic carbocycles. The quantitative estimate of drug-likeness (QED) is 0.275. The van der Waals surface area contributed by atoms with Crippen molar-refractivity contribution < 1.29 is 19.2 Å². The predicted octanol–water partition coefficient (Wildman–Crippen LogP) is 0.221. The molecule has 10 heteroatoms. The molecule has 2 saturated heterocycles. The number of methoxy groups -OCH3 is 1. The largest absolute Gasteiger partial charge is 0.381 e. The summed E-state index contributed by atoms with van der Waals surface area (Å²) in [5.74, 6) is 1.10. The number of amides is 2. The summed E-state index contributed by atoms with van der Waals surface area (Å²) in [5.41, 5.74) is 9.00. The molecule has 0 aromatic heterocycles. The van der Waals surface area contributed by atoms with Crippen LogP contribution >= 0.6 is 0 Å². The first-order chi connectivity index (χ1) is 15.6. The van der Waals surface area contributed by atoms with E-state index < -0.39 is 0 Å². The lowest BCUT2D eigenvalue weighted by Gasteiger charge is -2.41. The fourth-order valence-electron chi connectivity index (χ4n) is 5.67. The highest BCUT2D eigenvalue weighted by atomic mass is 16.7. The molecule has 10 nitrogen and oxygen atoms in total. The zero-order valence-electron chi connectivity index (χ0n) is 19.2. The fourth-order valence-corrected chi connectivity index (χ4v) is 5.67. The lowest BCUT2D eigenvalue weighted by atomic mass is 9.76. The number of ether oxygens (including phenoxy) is 1. The van der Waals surface area contributed by atoms with Crippen molar-refractivity contribution in [3.8, 4) is 0 Å². The SMILES string of the molecule is COC1CCC(C2NOC(CCC(=O)NCCNC3NNC(=O)C4CCCCC34)N2)CC1. The van der Waals surface area contributed by atoms with Crippen LogP contribution in [-0.4, -0.2) is 56.7 Å². The number of carbonyl (C=O) groups is 2. The number of hydrazine groups is 1. The third kappa shape index (κ3) is 6.18. The molecule has 2 heterocycles. The highest BCUT2D eigenvalue weighted by Gasteiger charge is 2.39. The number of hydroxylamine groups is 1. The smallest absolute Gasteiger partial charge is 0.237 e. The molecule has 182 valence electrons. The third-order valence-electron chi connectivity index (χ3n) is 7.61. The highest BCUT2D eigenvalue weighted by molar-refractivity contribution is 5.79. The highest BCUT2D eigenvalue weighted by Crippen LogP contribution is 2.33. The van der Waals surface area contributed by atoms with Gasteiger partial charge in [0.25, 0.3) is 0 Å². The van der Waals surface area contributed by atoms with E-state index in [-0.39, 0.29) is 36.3 Å². The van der Waals surface area contributed by atoms with Crippen LogP contribution in [0.5, 0.6) is 0 Å². The van der Waals surface area contributed by atoms with Crippen molar-refractivity contribution in [3.63, 3.8) is 0 Å². The van der Waals surface area contributed by atoms with Gasteiger partial charge >= 0.3 is 0 Å². The van der Waals surface area contributed by atoms with Crippen molar-refractivity contribution in [3.05, 3.63) is 0 Å². The van der Waals surface area contributed by atoms with Crippen LogP contribution in [-0.2, 0) is 19.2 Å². The molecule has 0 spiro atoms. The van der Waals surface area contributed by atoms with Gasteiger partial charge in [-0.1, -0.05) is 12.8 Å². The molecular weight excluding hydrogens is 412 g/mol. The summed E-state index contributed by atoms with van der Waals surface area (Å²) in [6.07, 6.45) is 10.3. The molecule has 5 unspecified atom stereocenters. The van der Waals surface area contributed by atoms with Crippen molar-refractivity contribution in [1.29, 1.82) is 0 Å². The monoisotopic (exact) mass is 452 g/mol. The Morgan fingerprint density at radius 1 is 1.12 bits per heavy atom. The predicted molar refractivity (Wildman–Crippen MR) is 118 cm³/mol. The molecule has 2 amide bonds. The molecule has 4 aliphatic rings. The second-order valence-corrected chi connectivity index (χ2v) is 9.65. The molecule has 2 saturated carbocycles. The molecule has 2 aliphatic carbocycles. The molecular formula is C22H40N6O4. The Kier molecular flexibility index (Phi) is 8.73. The van der Waals surface area contributed by atoms with Gasteiger partial charge in [0.05, 0.1) is 18.4 Å². The Hall–Kier alpha value is -1.30. The van der Waals surface area contributed by atoms with E-state index >= 15 is 0 Å². The van der Waals surface area contributed by atoms with Crippen LogP contribution in [0, 0.1) is 17.8 Å². The zero-order chi connectivity index (χ0) is 22.3. The van der Waals surface area contributed by atoms with E-state index in [1.807, 2.05) is 0 Å². The average molecular weight is 453 g/mol. The van der Waals surface area contributed by atoms with E-state index in [9.17, 15) is 9.59 Å². The molecule has 2 aliphatic heterocycles. The van der Waals surface area contributed by atoms with Gasteiger partial charge in [0.1, 0.15) is 6.23 Å². The molecule has 5 atom stereocenters. The minimum Gasteiger partial charge on any atom is -0.381 e. The van der Waals surface area contributed by atoms with E-state index in [0.717, 1.165) is 44.9 Å². The van der Waals surface area contributed by atoms with Crippen molar-refractivity contribution in [2.45, 2.75) is 88.9 Å². The standard InChI is InChI=1S/C22H40N6O4/c1-31-15-8-6-14(7-9-15)20-25-19(32-28-20)11-10-18(29)23-12-13-24-21-16-4-2-3-5-17(16)22(30)27-26-21/h14-17,19-21,24-26,28H,2-13H2,1H3,(H,23,29)(H,27,30). The van der Waals surface area contributed by atoms with Gasteiger partial charge in [-0.05, 0) is 50.9 Å². The van der Waals surface area contributed by atoms with Crippen molar-refractivity contribution in [1.82, 2.24) is 32.3 Å². The number of hydrogen-bond acceptors (Lipinski definition) is 8. The lowest BCUT2D eigenvalue weighted by Crippen LogP contribution is -2.64. The first-order valence-corrected chi connectivity index (χ1v) is 12.4. The fraction of sp³-hybridized carbons (Fsp3) is 0.909. The van der Waals surface area contributed by atoms with Crippen LogP contribution in [0.2, 0.25) is 0 Å². The van der Waals surface area contributed by atoms with E-state index in [1.54, 1.807) is 7.11 Å². The molecule has 32 heavy (non-hydrogen) atoms. The Bertz CT molecular complexity index is 630. The Morgan fingerprint density at radius 2 is 1.94 bits per heavy atom. The number of carbonyl (C=O) groups excluding carboxylic acids is 2. The van der Waals surface area contributed by atoms with Crippen molar-refractivity contribution in [2.75, 3.05) is 20.2 Å². The topological polar surface area (TPSA) is 125 Å². The van der Waals surface area contributed by atoms with E-state index in [1.165, 1.54) is 6.42 Å². The normalized spacial score (nSPS) is 37.5. The third-order valence-corrected chi connectivity index (χ3v) is 7.61. The molecule has 0 radical (unpaired) electrons. The number of nitrogens with one attached hydrogen (secondary N) is 6. The Labute approximate surface area is 190 Å². The van der Waals surface area contributed by atoms with Gasteiger partial charge in [-0.15, -0.1) is 0 Å². The lowest BCUT2D eigenvalue weighted by molar-refractivity contribution is -0.134. The molecule has 4 fully saturated rings. The molecule has 0 bridgehead atoms. The van der Waals surface area contributed by atoms with Crippen LogP contribution < -0.4 is 32.3 Å². The molecule has 4 rings (SSSR count). The first kappa shape index (κ1) is 23.8. The average Bonchev–Trinajstić information content (AvgIpc) is 3.31. The maximum Gasteiger partial charge on any atom is 0.237 e. The summed E-state index contributed by atoms with van der Waals surface area (Å²) in [5, 5.41) is 9.91. The van der Waals surface area contributed by atoms with E-state index in [2.05, 4.69) is 32.3 Å². The summed E-state index contributed by atoms with van der Waals surface area (Å²) in [4.78, 5) is 29.9. The second-order valence-electron chi connectivity index (χ2n) is 9.65. The number of rotatable bonds is 9. The van der Waals surface area contributed by atoms with E-state index in [0.29, 0.717) is 43.9 Å². The van der Waals surface area contributed by atoms with Gasteiger partial charge in [0.15, 0.2) is 0 Å². The maximum absolute atomic E-state index is 12.2. The van der Waals surface area contributed by atoms with Crippen LogP contribution in [0.25, 0.3) is 0 Å². The van der Waals surface area contributed by atoms with Gasteiger partial charge in [-0.2, -0.15) is 5.48 Å². The second kappa shape index (κ2) is 11.7. The van der Waals surface area contributed by atoms with Crippen LogP contribution in [0.15, 0.2) is 0 Å². The van der Waals surface area contributed by atoms with Crippen molar-refractivity contribution >= 4 is 11.8 Å². The van der Waals surface area contributed by atoms with E-state index in [4.69, 9.17) is 9.57 Å². The summed E-state index contributed by atoms with van der Waals surface area (Å²) in [7, 11) is 1.79. The van der Waals surface area contributed by atoms with Gasteiger partial charge < -0.3 is 10.1 Å². The van der Waals surface area contributed by atoms with Crippen LogP contribution in [0.1, 0.15) is 64.2 Å². The van der Waals surface area contributed by atoms with Crippen LogP contribution in [0.3, 0.4) is 0 Å². The van der Waals surface area contributed by atoms with Crippen molar-refractivity contribution in [2.24, 2.45) is 17.8 Å². The minimum atomic E-state index is -0.137. The Morgan fingerprint density at radius 3 is 2.75 bits per heavy atom. The first-order valence-electron chi connectivity index (χ1n) is 12.4. The summed E-state index contributed by atoms with van der Waals surface area (Å²) in [6.45, 7) is 1.22. The van der Waals surface area contributed by atoms with Gasteiger partial charge in [-0.25, -0.2) is 5.43 Å². The number of hydrogen-bond donors (Lipinski definition) is 6. The van der Waals surface area contributed by atoms with Crippen LogP contribution in [0.4, 0.5) is 0 Å². The summed E-state index contributed by atoms with van der Waals surface area (Å²) < 4.78 is 5.45. The Balaban J connectivity index is 1.07. The summed E-state index contributed by atoms with van der Waals surface area (Å²) in [6, 6.07) is 0. The van der Waals surface area contributed by atoms with Gasteiger partial charge in [0.2, 0.25) is 11.8 Å².